The molecule has 37 heavy (non-hydrogen) atoms. The van der Waals surface area contributed by atoms with Crippen LogP contribution in [-0.2, 0) is 25.9 Å². The summed E-state index contributed by atoms with van der Waals surface area (Å²) in [5.41, 5.74) is 6.34. The second-order valence-electron chi connectivity index (χ2n) is 12.4. The largest absolute Gasteiger partial charge is 0.495 e. The summed E-state index contributed by atoms with van der Waals surface area (Å²) in [5.74, 6) is 0. The molecular weight excluding hydrogens is 459 g/mol. The Morgan fingerprint density at radius 3 is 1.89 bits per heavy atom. The first-order chi connectivity index (χ1) is 17.4. The molecule has 0 unspecified atom stereocenters. The van der Waals surface area contributed by atoms with Gasteiger partial charge in [-0.25, -0.2) is 0 Å². The van der Waals surface area contributed by atoms with Crippen LogP contribution >= 0.6 is 0 Å². The first kappa shape index (κ1) is 28.4. The maximum Gasteiger partial charge on any atom is 0.495 e. The molecule has 2 heterocycles. The van der Waals surface area contributed by atoms with E-state index in [1.807, 2.05) is 0 Å². The van der Waals surface area contributed by atoms with Crippen molar-refractivity contribution in [2.75, 3.05) is 13.2 Å². The van der Waals surface area contributed by atoms with Crippen molar-refractivity contribution in [2.24, 2.45) is 0 Å². The van der Waals surface area contributed by atoms with Crippen molar-refractivity contribution in [1.29, 1.82) is 0 Å². The Hall–Kier alpha value is -1.66. The summed E-state index contributed by atoms with van der Waals surface area (Å²) in [6, 6.07) is 13.8. The summed E-state index contributed by atoms with van der Waals surface area (Å²) in [5, 5.41) is 10.9. The number of ether oxygens (including phenoxy) is 1. The summed E-state index contributed by atoms with van der Waals surface area (Å²) in [6.07, 6.45) is 5.22. The van der Waals surface area contributed by atoms with Crippen LogP contribution in [0.5, 0.6) is 0 Å². The predicted octanol–water partition coefficient (Wildman–Crippen LogP) is 6.18. The molecule has 2 aliphatic heterocycles. The molecule has 2 aliphatic rings. The van der Waals surface area contributed by atoms with Crippen molar-refractivity contribution in [3.63, 3.8) is 0 Å². The molecule has 0 spiro atoms. The molecule has 202 valence electrons. The quantitative estimate of drug-likeness (QED) is 0.434. The molecule has 2 saturated heterocycles. The van der Waals surface area contributed by atoms with Crippen LogP contribution < -0.4 is 5.46 Å². The molecule has 0 radical (unpaired) electrons. The second-order valence-corrected chi connectivity index (χ2v) is 12.4. The minimum absolute atomic E-state index is 0.0541. The Labute approximate surface area is 225 Å². The zero-order valence-corrected chi connectivity index (χ0v) is 24.4. The third kappa shape index (κ3) is 5.43. The van der Waals surface area contributed by atoms with Crippen LogP contribution in [0.1, 0.15) is 101 Å². The molecule has 2 fully saturated rings. The van der Waals surface area contributed by atoms with E-state index in [9.17, 15) is 5.11 Å². The fraction of sp³-hybridized carbons (Fsp3) is 0.625. The molecule has 4 nitrogen and oxygen atoms in total. The SMILES string of the molecule is CCC(CC)(c1ccc(CCC2(O)CCOCC2)c(C)c1)c1ccc(B2OC(C)(C)C(C)(C)O2)c(C)c1. The first-order valence-electron chi connectivity index (χ1n) is 14.2. The maximum absolute atomic E-state index is 10.9. The Morgan fingerprint density at radius 1 is 0.838 bits per heavy atom. The van der Waals surface area contributed by atoms with E-state index in [2.05, 4.69) is 91.8 Å². The third-order valence-corrected chi connectivity index (χ3v) is 9.72. The molecule has 2 aromatic carbocycles. The van der Waals surface area contributed by atoms with Gasteiger partial charge in [0.25, 0.3) is 0 Å². The second kappa shape index (κ2) is 10.5. The van der Waals surface area contributed by atoms with E-state index < -0.39 is 5.60 Å². The molecule has 0 saturated carbocycles. The van der Waals surface area contributed by atoms with Gasteiger partial charge >= 0.3 is 7.12 Å². The van der Waals surface area contributed by atoms with Crippen LogP contribution in [-0.4, -0.2) is 42.2 Å². The lowest BCUT2D eigenvalue weighted by atomic mass is 9.67. The minimum Gasteiger partial charge on any atom is -0.399 e. The van der Waals surface area contributed by atoms with E-state index in [-0.39, 0.29) is 23.7 Å². The van der Waals surface area contributed by atoms with Crippen LogP contribution in [0.15, 0.2) is 36.4 Å². The van der Waals surface area contributed by atoms with Crippen LogP contribution in [0.2, 0.25) is 0 Å². The number of benzene rings is 2. The fourth-order valence-electron chi connectivity index (χ4n) is 6.08. The average Bonchev–Trinajstić information content (AvgIpc) is 3.06. The Kier molecular flexibility index (Phi) is 8.04. The van der Waals surface area contributed by atoms with Gasteiger partial charge < -0.3 is 19.2 Å². The van der Waals surface area contributed by atoms with Crippen molar-refractivity contribution in [3.8, 4) is 0 Å². The molecule has 5 heteroatoms. The number of aliphatic hydroxyl groups is 1. The van der Waals surface area contributed by atoms with Crippen molar-refractivity contribution in [3.05, 3.63) is 64.2 Å². The van der Waals surface area contributed by atoms with E-state index in [0.717, 1.165) is 44.0 Å². The molecule has 0 atom stereocenters. The number of hydrogen-bond acceptors (Lipinski definition) is 4. The fourth-order valence-corrected chi connectivity index (χ4v) is 6.08. The summed E-state index contributed by atoms with van der Waals surface area (Å²) in [7, 11) is -0.344. The van der Waals surface area contributed by atoms with Gasteiger partial charge in [0.1, 0.15) is 0 Å². The van der Waals surface area contributed by atoms with E-state index in [4.69, 9.17) is 14.0 Å². The van der Waals surface area contributed by atoms with Gasteiger partial charge in [-0.15, -0.1) is 0 Å². The highest BCUT2D eigenvalue weighted by atomic mass is 16.7. The van der Waals surface area contributed by atoms with Gasteiger partial charge in [0.2, 0.25) is 0 Å². The lowest BCUT2D eigenvalue weighted by Gasteiger charge is -2.35. The molecule has 0 amide bonds. The van der Waals surface area contributed by atoms with E-state index in [1.54, 1.807) is 0 Å². The van der Waals surface area contributed by atoms with Crippen molar-refractivity contribution in [2.45, 2.75) is 116 Å². The van der Waals surface area contributed by atoms with E-state index >= 15 is 0 Å². The molecule has 0 bridgehead atoms. The standard InChI is InChI=1S/C32H47BO4/c1-9-32(10-2,26-12-11-25(23(3)21-26)15-16-31(34)17-19-35-20-18-31)27-13-14-28(24(4)22-27)33-36-29(5,6)30(7,8)37-33/h11-14,21-22,34H,9-10,15-20H2,1-8H3. The smallest absolute Gasteiger partial charge is 0.399 e. The van der Waals surface area contributed by atoms with Gasteiger partial charge in [-0.05, 0) is 108 Å². The molecule has 2 aromatic rings. The van der Waals surface area contributed by atoms with Gasteiger partial charge in [-0.3, -0.25) is 0 Å². The van der Waals surface area contributed by atoms with E-state index in [1.165, 1.54) is 27.8 Å². The average molecular weight is 507 g/mol. The predicted molar refractivity (Wildman–Crippen MR) is 153 cm³/mol. The number of rotatable bonds is 8. The Bertz CT molecular complexity index is 1080. The van der Waals surface area contributed by atoms with Crippen LogP contribution in [0.3, 0.4) is 0 Å². The van der Waals surface area contributed by atoms with Crippen LogP contribution in [0, 0.1) is 13.8 Å². The summed E-state index contributed by atoms with van der Waals surface area (Å²) >= 11 is 0. The summed E-state index contributed by atoms with van der Waals surface area (Å²) < 4.78 is 18.1. The van der Waals surface area contributed by atoms with Crippen molar-refractivity contribution in [1.82, 2.24) is 0 Å². The highest BCUT2D eigenvalue weighted by Gasteiger charge is 2.52. The Morgan fingerprint density at radius 2 is 1.38 bits per heavy atom. The Balaban J connectivity index is 1.59. The maximum atomic E-state index is 10.9. The monoisotopic (exact) mass is 506 g/mol. The van der Waals surface area contributed by atoms with Crippen LogP contribution in [0.25, 0.3) is 0 Å². The van der Waals surface area contributed by atoms with Gasteiger partial charge in [0.05, 0.1) is 16.8 Å². The molecule has 1 N–H and O–H groups in total. The van der Waals surface area contributed by atoms with Gasteiger partial charge in [0, 0.05) is 18.6 Å². The van der Waals surface area contributed by atoms with Crippen molar-refractivity contribution < 1.29 is 19.2 Å². The van der Waals surface area contributed by atoms with E-state index in [0.29, 0.717) is 13.2 Å². The van der Waals surface area contributed by atoms with Crippen molar-refractivity contribution >= 4 is 12.6 Å². The third-order valence-electron chi connectivity index (χ3n) is 9.72. The van der Waals surface area contributed by atoms with Gasteiger partial charge in [-0.1, -0.05) is 55.8 Å². The summed E-state index contributed by atoms with van der Waals surface area (Å²) in [6.45, 7) is 18.7. The molecule has 0 aromatic heterocycles. The minimum atomic E-state index is -0.587. The lowest BCUT2D eigenvalue weighted by Crippen LogP contribution is -2.41. The highest BCUT2D eigenvalue weighted by molar-refractivity contribution is 6.62. The van der Waals surface area contributed by atoms with Gasteiger partial charge in [-0.2, -0.15) is 0 Å². The van der Waals surface area contributed by atoms with Gasteiger partial charge in [0.15, 0.2) is 0 Å². The summed E-state index contributed by atoms with van der Waals surface area (Å²) in [4.78, 5) is 0. The number of hydrogen-bond donors (Lipinski definition) is 1. The molecule has 0 aliphatic carbocycles. The lowest BCUT2D eigenvalue weighted by molar-refractivity contribution is -0.0676. The first-order valence-corrected chi connectivity index (χ1v) is 14.2. The normalized spacial score (nSPS) is 20.8. The zero-order valence-electron chi connectivity index (χ0n) is 24.4. The van der Waals surface area contributed by atoms with Crippen LogP contribution in [0.4, 0.5) is 0 Å². The highest BCUT2D eigenvalue weighted by Crippen LogP contribution is 2.41. The topological polar surface area (TPSA) is 47.9 Å². The molecular formula is C32H47BO4. The zero-order chi connectivity index (χ0) is 27.1. The number of aryl methyl sites for hydroxylation is 3. The molecule has 4 rings (SSSR count).